The van der Waals surface area contributed by atoms with Crippen molar-refractivity contribution >= 4 is 33.6 Å². The fourth-order valence-electron chi connectivity index (χ4n) is 13.7. The summed E-state index contributed by atoms with van der Waals surface area (Å²) in [4.78, 5) is 12.9. The Labute approximate surface area is 429 Å². The third kappa shape index (κ3) is 8.85. The predicted octanol–water partition coefficient (Wildman–Crippen LogP) is 9.66. The first-order chi connectivity index (χ1) is 35.1. The maximum Gasteiger partial charge on any atom is 0.302 e. The number of phenolic OH excluding ortho intramolecular Hbond substituents is 2. The minimum absolute atomic E-state index is 0.0415. The molecule has 5 aliphatic heterocycles. The number of aromatic hydroxyl groups is 2. The van der Waals surface area contributed by atoms with Crippen LogP contribution in [0.25, 0.3) is 17.2 Å². The number of phenols is 2. The van der Waals surface area contributed by atoms with Crippen LogP contribution in [0, 0.1) is 29.6 Å². The second-order valence-electron chi connectivity index (χ2n) is 21.3. The second-order valence-corrected chi connectivity index (χ2v) is 23.8. The summed E-state index contributed by atoms with van der Waals surface area (Å²) in [6.07, 6.45) is 17.3. The van der Waals surface area contributed by atoms with Gasteiger partial charge in [-0.1, -0.05) is 94.6 Å². The molecule has 1 saturated heterocycles. The fourth-order valence-corrected chi connectivity index (χ4v) is 16.4. The maximum absolute atomic E-state index is 12.9. The Morgan fingerprint density at radius 2 is 1.85 bits per heavy atom. The van der Waals surface area contributed by atoms with Crippen LogP contribution in [0.3, 0.4) is 0 Å². The average molecular weight is 1010 g/mol. The number of aliphatic hydroxyl groups is 1. The summed E-state index contributed by atoms with van der Waals surface area (Å²) < 4.78 is 26.7. The quantitative estimate of drug-likeness (QED) is 0.0449. The van der Waals surface area contributed by atoms with Crippen molar-refractivity contribution in [1.82, 2.24) is 10.6 Å². The van der Waals surface area contributed by atoms with Gasteiger partial charge in [-0.15, -0.1) is 0 Å². The van der Waals surface area contributed by atoms with Crippen LogP contribution < -0.4 is 30.6 Å². The molecule has 0 radical (unpaired) electrons. The Morgan fingerprint density at radius 3 is 2.71 bits per heavy atom. The normalized spacial score (nSPS) is 29.6. The SMILES string of the molecule is CC(=O)OC[C@H]1c2ccc3c4c2O[C@@H]1c1c(cc(O)c2c1C=C[C@@H]1N[C@H]5CCC[C@H](CSSC[C@@H]1O2)C5)CC#CC1=C(C=CC(N)N1)[C@@H](CCc1ccccc1)[C@H]1CC[C@]4(Cc2cc(O)cc(OCO)c2-3)C1. The average Bonchev–Trinajstić information content (AvgIpc) is 3.89. The number of rotatable bonds is 7. The summed E-state index contributed by atoms with van der Waals surface area (Å²) in [6.45, 7) is 0.947. The number of hydrogen-bond acceptors (Lipinski definition) is 13. The number of dihydropyridines is 1. The molecular weight excluding hydrogens is 943 g/mol. The Kier molecular flexibility index (Phi) is 13.0. The molecule has 4 aromatic carbocycles. The molecular formula is C59H63N3O8S2. The number of carbonyl (C=O) groups excluding carboxylic acids is 1. The molecule has 1 unspecified atom stereocenters. The summed E-state index contributed by atoms with van der Waals surface area (Å²) in [5.41, 5.74) is 16.5. The number of esters is 1. The number of fused-ring (bicyclic) bond motifs is 11. The number of aryl methyl sites for hydroxylation is 1. The van der Waals surface area contributed by atoms with E-state index < -0.39 is 30.4 Å². The molecule has 5 heterocycles. The molecule has 12 rings (SSSR count). The van der Waals surface area contributed by atoms with E-state index >= 15 is 0 Å². The zero-order valence-electron chi connectivity index (χ0n) is 40.7. The smallest absolute Gasteiger partial charge is 0.302 e. The first-order valence-electron chi connectivity index (χ1n) is 25.9. The third-order valence-corrected chi connectivity index (χ3v) is 19.4. The molecule has 3 aliphatic carbocycles. The van der Waals surface area contributed by atoms with Crippen LogP contribution in [-0.4, -0.2) is 70.5 Å². The first-order valence-corrected chi connectivity index (χ1v) is 28.4. The van der Waals surface area contributed by atoms with Gasteiger partial charge in [-0.2, -0.15) is 0 Å². The standard InChI is InChI=1S/C59H63N3O8S2/c1-33(64)67-29-46-43-15-16-44-53-38(24-40(65)26-50(53)68-32-63)28-59-22-21-37(27-59)41(14-13-34-7-3-2-4-8-34)42-18-20-52(60)62-47(42)12-6-10-36-25-49(66)56-45(54(36)57(46)70-58(43)55(44)59)17-19-48-51(69-56)31-72-71-30-35-9-5-11-39(23-35)61-48/h2-4,7-8,15-20,24-26,35,37,39,41,46,48,51-52,57,61-63,65-66H,5,9-11,13-14,21-23,27-32,60H2,1H3/t35-,37-,39-,41-,46-,48-,51-,52?,57-,59+/m0/s1. The Morgan fingerprint density at radius 1 is 0.972 bits per heavy atom. The van der Waals surface area contributed by atoms with Crippen molar-refractivity contribution in [3.05, 3.63) is 129 Å². The van der Waals surface area contributed by atoms with Crippen LogP contribution >= 0.6 is 21.6 Å². The van der Waals surface area contributed by atoms with Crippen molar-refractivity contribution in [2.24, 2.45) is 23.5 Å². The molecule has 11 nitrogen and oxygen atoms in total. The first kappa shape index (κ1) is 47.5. The summed E-state index contributed by atoms with van der Waals surface area (Å²) in [5, 5.41) is 41.3. The van der Waals surface area contributed by atoms with Gasteiger partial charge in [0.05, 0.1) is 23.8 Å². The molecule has 0 amide bonds. The fraction of sp³-hybridized carbons (Fsp3) is 0.441. The van der Waals surface area contributed by atoms with Gasteiger partial charge in [0.25, 0.3) is 0 Å². The molecule has 1 spiro atoms. The molecule has 4 aromatic rings. The van der Waals surface area contributed by atoms with E-state index in [4.69, 9.17) is 24.7 Å². The number of nitrogens with two attached hydrogens (primary N) is 1. The topological polar surface area (TPSA) is 165 Å². The molecule has 13 heteroatoms. The minimum atomic E-state index is -0.675. The van der Waals surface area contributed by atoms with Crippen molar-refractivity contribution in [2.75, 3.05) is 24.9 Å². The van der Waals surface area contributed by atoms with Crippen LogP contribution in [0.1, 0.15) is 109 Å². The monoisotopic (exact) mass is 1010 g/mol. The van der Waals surface area contributed by atoms with Crippen LogP contribution in [-0.2, 0) is 34.2 Å². The van der Waals surface area contributed by atoms with E-state index in [2.05, 4.69) is 83.2 Å². The van der Waals surface area contributed by atoms with Gasteiger partial charge < -0.3 is 50.6 Å². The van der Waals surface area contributed by atoms with Gasteiger partial charge in [0.2, 0.25) is 0 Å². The van der Waals surface area contributed by atoms with Gasteiger partial charge in [0, 0.05) is 70.2 Å². The van der Waals surface area contributed by atoms with E-state index in [1.807, 2.05) is 39.8 Å². The van der Waals surface area contributed by atoms with E-state index in [0.717, 1.165) is 118 Å². The Bertz CT molecular complexity index is 2950. The molecule has 374 valence electrons. The lowest BCUT2D eigenvalue weighted by Gasteiger charge is -2.40. The number of benzene rings is 4. The van der Waals surface area contributed by atoms with Crippen molar-refractivity contribution in [3.63, 3.8) is 0 Å². The van der Waals surface area contributed by atoms with Gasteiger partial charge in [0.1, 0.15) is 36.1 Å². The van der Waals surface area contributed by atoms with E-state index in [0.29, 0.717) is 29.9 Å². The Balaban J connectivity index is 1.08. The third-order valence-electron chi connectivity index (χ3n) is 16.8. The van der Waals surface area contributed by atoms with Gasteiger partial charge in [0.15, 0.2) is 18.3 Å². The highest BCUT2D eigenvalue weighted by Crippen LogP contribution is 2.64. The van der Waals surface area contributed by atoms with Crippen LogP contribution in [0.5, 0.6) is 28.7 Å². The van der Waals surface area contributed by atoms with Crippen LogP contribution in [0.4, 0.5) is 0 Å². The van der Waals surface area contributed by atoms with Crippen LogP contribution in [0.2, 0.25) is 0 Å². The maximum atomic E-state index is 12.9. The van der Waals surface area contributed by atoms with Crippen molar-refractivity contribution < 1.29 is 39.1 Å². The lowest BCUT2D eigenvalue weighted by atomic mass is 9.64. The summed E-state index contributed by atoms with van der Waals surface area (Å²) in [7, 11) is 3.77. The lowest BCUT2D eigenvalue weighted by Crippen LogP contribution is -2.49. The molecule has 8 aliphatic rings. The molecule has 2 saturated carbocycles. The minimum Gasteiger partial charge on any atom is -0.508 e. The number of carbonyl (C=O) groups is 1. The van der Waals surface area contributed by atoms with E-state index in [9.17, 15) is 20.1 Å². The largest absolute Gasteiger partial charge is 0.508 e. The van der Waals surface area contributed by atoms with Crippen molar-refractivity contribution in [3.8, 4) is 51.7 Å². The van der Waals surface area contributed by atoms with Gasteiger partial charge >= 0.3 is 5.97 Å². The zero-order valence-corrected chi connectivity index (χ0v) is 42.3. The van der Waals surface area contributed by atoms with Gasteiger partial charge in [-0.05, 0) is 127 Å². The molecule has 7 N–H and O–H groups in total. The summed E-state index contributed by atoms with van der Waals surface area (Å²) in [6, 6.07) is 20.4. The van der Waals surface area contributed by atoms with Gasteiger partial charge in [-0.3, -0.25) is 4.79 Å². The molecule has 3 fully saturated rings. The number of ether oxygens (including phenoxy) is 4. The predicted molar refractivity (Wildman–Crippen MR) is 283 cm³/mol. The molecule has 72 heavy (non-hydrogen) atoms. The highest BCUT2D eigenvalue weighted by atomic mass is 33.1. The van der Waals surface area contributed by atoms with Crippen LogP contribution in [0.15, 0.2) is 90.2 Å². The van der Waals surface area contributed by atoms with Gasteiger partial charge in [-0.25, -0.2) is 0 Å². The number of allylic oxidation sites excluding steroid dienone is 3. The van der Waals surface area contributed by atoms with E-state index in [1.54, 1.807) is 6.07 Å². The molecule has 6 bridgehead atoms. The summed E-state index contributed by atoms with van der Waals surface area (Å²) >= 11 is 0. The summed E-state index contributed by atoms with van der Waals surface area (Å²) in [5.74, 6) is 10.9. The zero-order chi connectivity index (χ0) is 49.1. The van der Waals surface area contributed by atoms with Crippen molar-refractivity contribution in [2.45, 2.75) is 119 Å². The molecule has 10 atom stereocenters. The highest BCUT2D eigenvalue weighted by Gasteiger charge is 2.53. The highest BCUT2D eigenvalue weighted by molar-refractivity contribution is 8.76. The number of aliphatic hydroxyl groups excluding tert-OH is 1. The second kappa shape index (κ2) is 19.7. The van der Waals surface area contributed by atoms with E-state index in [1.165, 1.54) is 25.3 Å². The number of nitrogens with one attached hydrogen (secondary N) is 2. The number of hydrogen-bond donors (Lipinski definition) is 6. The lowest BCUT2D eigenvalue weighted by molar-refractivity contribution is -0.141. The van der Waals surface area contributed by atoms with E-state index in [-0.39, 0.29) is 54.5 Å². The molecule has 0 aromatic heterocycles. The Hall–Kier alpha value is -5.49. The van der Waals surface area contributed by atoms with Crippen molar-refractivity contribution in [1.29, 1.82) is 0 Å².